The summed E-state index contributed by atoms with van der Waals surface area (Å²) in [6.07, 6.45) is 12.1. The van der Waals surface area contributed by atoms with Crippen LogP contribution in [0, 0.1) is 0 Å². The number of ether oxygens (including phenoxy) is 1. The van der Waals surface area contributed by atoms with E-state index in [-0.39, 0.29) is 5.83 Å². The summed E-state index contributed by atoms with van der Waals surface area (Å²) in [5.41, 5.74) is 3.37. The lowest BCUT2D eigenvalue weighted by molar-refractivity contribution is 0.0363. The second-order valence-corrected chi connectivity index (χ2v) is 7.48. The quantitative estimate of drug-likeness (QED) is 0.865. The minimum Gasteiger partial charge on any atom is -0.379 e. The van der Waals surface area contributed by atoms with Gasteiger partial charge in [0.05, 0.1) is 30.2 Å². The van der Waals surface area contributed by atoms with Crippen LogP contribution in [0.2, 0.25) is 0 Å². The molecule has 0 aromatic carbocycles. The minimum atomic E-state index is -0.188. The molecule has 7 heteroatoms. The van der Waals surface area contributed by atoms with Gasteiger partial charge in [0.15, 0.2) is 0 Å². The zero-order valence-electron chi connectivity index (χ0n) is 16.3. The van der Waals surface area contributed by atoms with Crippen molar-refractivity contribution in [3.63, 3.8) is 0 Å². The molecule has 2 aromatic heterocycles. The van der Waals surface area contributed by atoms with Gasteiger partial charge in [0, 0.05) is 50.6 Å². The first kappa shape index (κ1) is 18.3. The Morgan fingerprint density at radius 2 is 2.03 bits per heavy atom. The fraction of sp³-hybridized carbons (Fsp3) is 0.364. The van der Waals surface area contributed by atoms with Crippen molar-refractivity contribution in [3.05, 3.63) is 58.9 Å². The molecule has 4 heterocycles. The highest BCUT2D eigenvalue weighted by Gasteiger charge is 2.18. The highest BCUT2D eigenvalue weighted by molar-refractivity contribution is 5.88. The predicted molar refractivity (Wildman–Crippen MR) is 111 cm³/mol. The summed E-state index contributed by atoms with van der Waals surface area (Å²) in [7, 11) is 0. The van der Waals surface area contributed by atoms with E-state index in [2.05, 4.69) is 25.5 Å². The summed E-state index contributed by atoms with van der Waals surface area (Å²) in [5, 5.41) is 2.05. The lowest BCUT2D eigenvalue weighted by Crippen LogP contribution is -2.41. The third kappa shape index (κ3) is 3.63. The number of hydrogen-bond acceptors (Lipinski definition) is 4. The molecular formula is C22H24FN5O. The van der Waals surface area contributed by atoms with E-state index >= 15 is 0 Å². The number of fused-ring (bicyclic) bond motifs is 1. The van der Waals surface area contributed by atoms with Crippen LogP contribution in [0.5, 0.6) is 0 Å². The van der Waals surface area contributed by atoms with E-state index in [1.54, 1.807) is 6.08 Å². The summed E-state index contributed by atoms with van der Waals surface area (Å²) < 4.78 is 21.2. The van der Waals surface area contributed by atoms with Crippen LogP contribution in [0.25, 0.3) is 11.1 Å². The van der Waals surface area contributed by atoms with E-state index in [1.165, 1.54) is 11.6 Å². The van der Waals surface area contributed by atoms with Crippen LogP contribution in [0.3, 0.4) is 0 Å². The van der Waals surface area contributed by atoms with Crippen molar-refractivity contribution in [1.29, 1.82) is 0 Å². The van der Waals surface area contributed by atoms with Gasteiger partial charge in [0.1, 0.15) is 11.6 Å². The Bertz CT molecular complexity index is 1110. The molecule has 2 aromatic rings. The average molecular weight is 393 g/mol. The van der Waals surface area contributed by atoms with Crippen LogP contribution >= 0.6 is 0 Å². The second kappa shape index (κ2) is 7.93. The van der Waals surface area contributed by atoms with E-state index in [9.17, 15) is 4.39 Å². The highest BCUT2D eigenvalue weighted by Crippen LogP contribution is 2.28. The zero-order chi connectivity index (χ0) is 19.6. The maximum atomic E-state index is 13.5. The molecule has 0 bridgehead atoms. The normalized spacial score (nSPS) is 23.3. The number of aromatic nitrogens is 3. The zero-order valence-corrected chi connectivity index (χ0v) is 16.3. The molecule has 29 heavy (non-hydrogen) atoms. The Morgan fingerprint density at radius 1 is 1.14 bits per heavy atom. The SMILES string of the molecule is FC1=CCC(=c2ncn(CCN3CCOCC3)c2=C2CC=Nc3[nH]ccc32)C=C1. The molecule has 1 fully saturated rings. The van der Waals surface area contributed by atoms with Gasteiger partial charge in [0.25, 0.3) is 0 Å². The van der Waals surface area contributed by atoms with Crippen molar-refractivity contribution < 1.29 is 9.13 Å². The summed E-state index contributed by atoms with van der Waals surface area (Å²) >= 11 is 0. The first-order valence-corrected chi connectivity index (χ1v) is 10.1. The van der Waals surface area contributed by atoms with Gasteiger partial charge < -0.3 is 14.3 Å². The number of halogens is 1. The molecule has 1 saturated heterocycles. The van der Waals surface area contributed by atoms with E-state index in [0.29, 0.717) is 6.42 Å². The lowest BCUT2D eigenvalue weighted by Gasteiger charge is -2.26. The topological polar surface area (TPSA) is 58.4 Å². The molecule has 1 N–H and O–H groups in total. The molecule has 0 atom stereocenters. The minimum absolute atomic E-state index is 0.188. The number of allylic oxidation sites excluding steroid dienone is 4. The Hall–Kier alpha value is -2.77. The summed E-state index contributed by atoms with van der Waals surface area (Å²) in [4.78, 5) is 14.9. The van der Waals surface area contributed by atoms with Gasteiger partial charge in [0.2, 0.25) is 0 Å². The van der Waals surface area contributed by atoms with E-state index < -0.39 is 0 Å². The molecule has 150 valence electrons. The number of aromatic amines is 1. The Balaban J connectivity index is 1.62. The van der Waals surface area contributed by atoms with E-state index in [0.717, 1.165) is 73.5 Å². The fourth-order valence-electron chi connectivity index (χ4n) is 4.15. The number of rotatable bonds is 3. The smallest absolute Gasteiger partial charge is 0.137 e. The number of nitrogens with zero attached hydrogens (tertiary/aromatic N) is 4. The molecule has 0 radical (unpaired) electrons. The molecule has 0 amide bonds. The summed E-state index contributed by atoms with van der Waals surface area (Å²) in [5.74, 6) is 0.695. The lowest BCUT2D eigenvalue weighted by atomic mass is 10.0. The number of morpholine rings is 1. The molecule has 3 aliphatic rings. The highest BCUT2D eigenvalue weighted by atomic mass is 19.1. The molecule has 0 spiro atoms. The third-order valence-corrected chi connectivity index (χ3v) is 5.72. The molecular weight excluding hydrogens is 369 g/mol. The van der Waals surface area contributed by atoms with E-state index in [1.807, 2.05) is 24.8 Å². The Labute approximate surface area is 168 Å². The molecule has 0 unspecified atom stereocenters. The summed E-state index contributed by atoms with van der Waals surface area (Å²) in [6, 6.07) is 2.07. The Kier molecular flexibility index (Phi) is 4.99. The Morgan fingerprint density at radius 3 is 2.86 bits per heavy atom. The number of aliphatic imine (C=N–C) groups is 1. The fourth-order valence-corrected chi connectivity index (χ4v) is 4.15. The van der Waals surface area contributed by atoms with Crippen LogP contribution in [0.15, 0.2) is 47.6 Å². The predicted octanol–water partition coefficient (Wildman–Crippen LogP) is 1.81. The molecule has 5 rings (SSSR count). The van der Waals surface area contributed by atoms with Gasteiger partial charge in [-0.1, -0.05) is 6.08 Å². The summed E-state index contributed by atoms with van der Waals surface area (Å²) in [6.45, 7) is 5.32. The number of imidazole rings is 1. The first-order chi connectivity index (χ1) is 14.3. The number of hydrogen-bond donors (Lipinski definition) is 1. The molecule has 0 saturated carbocycles. The monoisotopic (exact) mass is 393 g/mol. The van der Waals surface area contributed by atoms with Crippen LogP contribution in [0.1, 0.15) is 18.4 Å². The van der Waals surface area contributed by atoms with Crippen molar-refractivity contribution >= 4 is 23.2 Å². The third-order valence-electron chi connectivity index (χ3n) is 5.72. The van der Waals surface area contributed by atoms with Crippen molar-refractivity contribution in [2.45, 2.75) is 19.4 Å². The number of nitrogens with one attached hydrogen (secondary N) is 1. The van der Waals surface area contributed by atoms with Gasteiger partial charge in [-0.05, 0) is 35.8 Å². The average Bonchev–Trinajstić information content (AvgIpc) is 3.40. The van der Waals surface area contributed by atoms with Crippen molar-refractivity contribution in [2.75, 3.05) is 32.8 Å². The van der Waals surface area contributed by atoms with Crippen molar-refractivity contribution in [1.82, 2.24) is 19.4 Å². The standard InChI is InChI=1S/C22H24FN5O/c23-17-3-1-16(2-4-17)20-21(18-5-7-24-22-19(18)6-8-25-22)28(15-26-20)10-9-27-11-13-29-14-12-27/h1,3-4,6-8,15,25H,2,5,9-14H2. The number of H-pyrrole nitrogens is 1. The van der Waals surface area contributed by atoms with Gasteiger partial charge in [-0.2, -0.15) is 0 Å². The second-order valence-electron chi connectivity index (χ2n) is 7.48. The van der Waals surface area contributed by atoms with Crippen molar-refractivity contribution in [2.24, 2.45) is 4.99 Å². The van der Waals surface area contributed by atoms with Gasteiger partial charge in [-0.3, -0.25) is 4.90 Å². The van der Waals surface area contributed by atoms with Crippen LogP contribution in [0.4, 0.5) is 10.2 Å². The van der Waals surface area contributed by atoms with Crippen LogP contribution in [-0.2, 0) is 11.3 Å². The molecule has 1 aliphatic carbocycles. The van der Waals surface area contributed by atoms with Gasteiger partial charge in [-0.25, -0.2) is 14.4 Å². The van der Waals surface area contributed by atoms with Crippen LogP contribution in [-0.4, -0.2) is 58.5 Å². The van der Waals surface area contributed by atoms with Gasteiger partial charge in [-0.15, -0.1) is 0 Å². The van der Waals surface area contributed by atoms with Gasteiger partial charge >= 0.3 is 0 Å². The van der Waals surface area contributed by atoms with Crippen LogP contribution < -0.4 is 10.7 Å². The molecule has 2 aliphatic heterocycles. The van der Waals surface area contributed by atoms with Crippen molar-refractivity contribution in [3.8, 4) is 0 Å². The first-order valence-electron chi connectivity index (χ1n) is 10.1. The van der Waals surface area contributed by atoms with E-state index in [4.69, 9.17) is 9.72 Å². The molecule has 6 nitrogen and oxygen atoms in total. The maximum Gasteiger partial charge on any atom is 0.137 e. The maximum absolute atomic E-state index is 13.5. The largest absolute Gasteiger partial charge is 0.379 e.